The minimum Gasteiger partial charge on any atom is -0.300 e. The van der Waals surface area contributed by atoms with Gasteiger partial charge in [-0.1, -0.05) is 52.0 Å². The zero-order valence-electron chi connectivity index (χ0n) is 13.5. The van der Waals surface area contributed by atoms with E-state index in [4.69, 9.17) is 0 Å². The van der Waals surface area contributed by atoms with Gasteiger partial charge >= 0.3 is 0 Å². The topological polar surface area (TPSA) is 34.1 Å². The summed E-state index contributed by atoms with van der Waals surface area (Å²) in [5.41, 5.74) is 0. The van der Waals surface area contributed by atoms with Crippen LogP contribution in [0.25, 0.3) is 0 Å². The van der Waals surface area contributed by atoms with Crippen molar-refractivity contribution in [1.82, 2.24) is 0 Å². The van der Waals surface area contributed by atoms with Gasteiger partial charge in [0.2, 0.25) is 0 Å². The van der Waals surface area contributed by atoms with Crippen molar-refractivity contribution in [3.05, 3.63) is 24.3 Å². The Morgan fingerprint density at radius 2 is 0.833 bits per heavy atom. The van der Waals surface area contributed by atoms with Crippen LogP contribution in [0, 0.1) is 0 Å². The Bertz CT molecular complexity index is 181. The van der Waals surface area contributed by atoms with Gasteiger partial charge in [-0.25, -0.2) is 0 Å². The van der Waals surface area contributed by atoms with Gasteiger partial charge in [0.15, 0.2) is 0 Å². The Morgan fingerprint density at radius 3 is 0.889 bits per heavy atom. The van der Waals surface area contributed by atoms with Crippen molar-refractivity contribution in [3.8, 4) is 0 Å². The minimum absolute atomic E-state index is 0.167. The lowest BCUT2D eigenvalue weighted by molar-refractivity contribution is -0.115. The molecule has 0 spiro atoms. The quantitative estimate of drug-likeness (QED) is 0.601. The number of carbonyl (C=O) groups is 2. The van der Waals surface area contributed by atoms with Crippen LogP contribution >= 0.6 is 0 Å². The van der Waals surface area contributed by atoms with Gasteiger partial charge in [-0.3, -0.25) is 0 Å². The van der Waals surface area contributed by atoms with Crippen molar-refractivity contribution in [2.24, 2.45) is 0 Å². The lowest BCUT2D eigenvalue weighted by Crippen LogP contribution is -1.69. The molecule has 0 aliphatic heterocycles. The molecule has 0 aromatic carbocycles. The molecule has 0 fully saturated rings. The summed E-state index contributed by atoms with van der Waals surface area (Å²) >= 11 is 0. The summed E-state index contributed by atoms with van der Waals surface area (Å²) in [7, 11) is 0. The average molecular weight is 256 g/mol. The maximum atomic E-state index is 9.44. The highest BCUT2D eigenvalue weighted by molar-refractivity contribution is 5.72. The maximum Gasteiger partial charge on any atom is 0.126 e. The molecular formula is C16H32O2. The number of ketones is 2. The van der Waals surface area contributed by atoms with E-state index in [2.05, 4.69) is 24.3 Å². The van der Waals surface area contributed by atoms with Gasteiger partial charge in [-0.2, -0.15) is 0 Å². The van der Waals surface area contributed by atoms with E-state index in [-0.39, 0.29) is 11.6 Å². The summed E-state index contributed by atoms with van der Waals surface area (Å²) in [6.07, 6.45) is 11.0. The number of carbonyl (C=O) groups excluding carboxylic acids is 2. The Morgan fingerprint density at radius 1 is 0.667 bits per heavy atom. The summed E-state index contributed by atoms with van der Waals surface area (Å²) in [6.45, 7) is 14.1. The molecule has 1 aliphatic rings. The third-order valence-electron chi connectivity index (χ3n) is 0.883. The minimum atomic E-state index is 0.167. The highest BCUT2D eigenvalue weighted by Gasteiger charge is 1.77. The van der Waals surface area contributed by atoms with Crippen LogP contribution in [-0.2, 0) is 9.59 Å². The summed E-state index contributed by atoms with van der Waals surface area (Å²) in [5, 5.41) is 0. The monoisotopic (exact) mass is 256 g/mol. The predicted molar refractivity (Wildman–Crippen MR) is 82.9 cm³/mol. The first kappa shape index (κ1) is 25.6. The molecule has 0 unspecified atom stereocenters. The lowest BCUT2D eigenvalue weighted by atomic mass is 10.2. The number of hydrogen-bond donors (Lipinski definition) is 0. The second kappa shape index (κ2) is 29.7. The van der Waals surface area contributed by atoms with Gasteiger partial charge in [0, 0.05) is 0 Å². The van der Waals surface area contributed by atoms with Crippen LogP contribution in [0.2, 0.25) is 0 Å². The molecule has 0 amide bonds. The highest BCUT2D eigenvalue weighted by atomic mass is 16.1. The predicted octanol–water partition coefficient (Wildman–Crippen LogP) is 5.14. The van der Waals surface area contributed by atoms with E-state index in [1.54, 1.807) is 0 Å². The number of rotatable bonds is 0. The second-order valence-electron chi connectivity index (χ2n) is 3.25. The van der Waals surface area contributed by atoms with E-state index in [0.717, 1.165) is 0 Å². The average Bonchev–Trinajstić information content (AvgIpc) is 2.35. The van der Waals surface area contributed by atoms with Crippen molar-refractivity contribution in [3.63, 3.8) is 0 Å². The molecule has 0 aromatic rings. The van der Waals surface area contributed by atoms with Gasteiger partial charge in [0.25, 0.3) is 0 Å². The van der Waals surface area contributed by atoms with Crippen LogP contribution in [0.4, 0.5) is 0 Å². The summed E-state index contributed by atoms with van der Waals surface area (Å²) < 4.78 is 0. The molecule has 0 aromatic heterocycles. The lowest BCUT2D eigenvalue weighted by Gasteiger charge is -1.88. The molecule has 0 saturated carbocycles. The van der Waals surface area contributed by atoms with Crippen LogP contribution in [0.1, 0.15) is 68.2 Å². The smallest absolute Gasteiger partial charge is 0.126 e. The molecule has 0 radical (unpaired) electrons. The summed E-state index contributed by atoms with van der Waals surface area (Å²) in [6, 6.07) is 0. The van der Waals surface area contributed by atoms with Crippen molar-refractivity contribution in [1.29, 1.82) is 0 Å². The van der Waals surface area contributed by atoms with Gasteiger partial charge in [0.05, 0.1) is 0 Å². The van der Waals surface area contributed by atoms with Crippen LogP contribution < -0.4 is 0 Å². The van der Waals surface area contributed by atoms with Crippen LogP contribution in [-0.4, -0.2) is 11.6 Å². The first-order valence-electron chi connectivity index (χ1n) is 6.72. The largest absolute Gasteiger partial charge is 0.300 e. The Kier molecular flexibility index (Phi) is 42.2. The van der Waals surface area contributed by atoms with Crippen LogP contribution in [0.3, 0.4) is 0 Å². The number of allylic oxidation sites excluding steroid dienone is 4. The van der Waals surface area contributed by atoms with E-state index < -0.39 is 0 Å². The fourth-order valence-electron chi connectivity index (χ4n) is 0.542. The SMILES string of the molecule is C1=CCCC=C1.CC.CC.CC(C)=O.CC(C)=O. The molecular weight excluding hydrogens is 224 g/mol. The normalized spacial score (nSPS) is 9.78. The third kappa shape index (κ3) is 122. The zero-order valence-corrected chi connectivity index (χ0v) is 13.5. The van der Waals surface area contributed by atoms with E-state index in [0.29, 0.717) is 0 Å². The molecule has 2 heteroatoms. The Labute approximate surface area is 114 Å². The molecule has 0 atom stereocenters. The molecule has 0 saturated heterocycles. The van der Waals surface area contributed by atoms with Gasteiger partial charge in [-0.15, -0.1) is 0 Å². The van der Waals surface area contributed by atoms with Crippen molar-refractivity contribution in [2.45, 2.75) is 68.2 Å². The number of hydrogen-bond acceptors (Lipinski definition) is 2. The maximum absolute atomic E-state index is 9.44. The highest BCUT2D eigenvalue weighted by Crippen LogP contribution is 1.98. The first-order valence-corrected chi connectivity index (χ1v) is 6.72. The van der Waals surface area contributed by atoms with Gasteiger partial charge in [-0.05, 0) is 40.5 Å². The zero-order chi connectivity index (χ0) is 15.4. The molecule has 0 N–H and O–H groups in total. The molecule has 0 heterocycles. The van der Waals surface area contributed by atoms with E-state index in [1.807, 2.05) is 27.7 Å². The molecule has 108 valence electrons. The summed E-state index contributed by atoms with van der Waals surface area (Å²) in [4.78, 5) is 18.9. The first-order chi connectivity index (χ1) is 8.46. The number of Topliss-reactive ketones (excluding diaryl/α,β-unsaturated/α-hetero) is 2. The standard InChI is InChI=1S/C6H8.2C3H6O.2C2H6/c1-2-4-6-5-3-1;2*1-3(2)4;2*1-2/h1-4H,5-6H2;2*1-2H3;2*1-2H3. The Hall–Kier alpha value is -1.18. The molecule has 0 bridgehead atoms. The molecule has 18 heavy (non-hydrogen) atoms. The fourth-order valence-corrected chi connectivity index (χ4v) is 0.542. The molecule has 1 rings (SSSR count). The summed E-state index contributed by atoms with van der Waals surface area (Å²) in [5.74, 6) is 0.333. The van der Waals surface area contributed by atoms with Crippen molar-refractivity contribution >= 4 is 11.6 Å². The van der Waals surface area contributed by atoms with Gasteiger partial charge < -0.3 is 9.59 Å². The van der Waals surface area contributed by atoms with Crippen LogP contribution in [0.15, 0.2) is 24.3 Å². The van der Waals surface area contributed by atoms with E-state index in [1.165, 1.54) is 40.5 Å². The van der Waals surface area contributed by atoms with E-state index >= 15 is 0 Å². The second-order valence-corrected chi connectivity index (χ2v) is 3.25. The fraction of sp³-hybridized carbons (Fsp3) is 0.625. The molecule has 1 aliphatic carbocycles. The Balaban J connectivity index is -0.0000000737. The van der Waals surface area contributed by atoms with Crippen molar-refractivity contribution < 1.29 is 9.59 Å². The van der Waals surface area contributed by atoms with E-state index in [9.17, 15) is 9.59 Å². The van der Waals surface area contributed by atoms with Crippen molar-refractivity contribution in [2.75, 3.05) is 0 Å². The molecule has 2 nitrogen and oxygen atoms in total. The van der Waals surface area contributed by atoms with Gasteiger partial charge in [0.1, 0.15) is 11.6 Å². The third-order valence-corrected chi connectivity index (χ3v) is 0.883. The van der Waals surface area contributed by atoms with Crippen LogP contribution in [0.5, 0.6) is 0 Å².